The highest BCUT2D eigenvalue weighted by Crippen LogP contribution is 2.51. The highest BCUT2D eigenvalue weighted by molar-refractivity contribution is 6.00. The molecular weight excluding hydrogens is 368 g/mol. The number of methoxy groups -OCH3 is 2. The fourth-order valence-electron chi connectivity index (χ4n) is 3.33. The Bertz CT molecular complexity index is 879. The van der Waals surface area contributed by atoms with Crippen molar-refractivity contribution in [2.24, 2.45) is 0 Å². The summed E-state index contributed by atoms with van der Waals surface area (Å²) in [7, 11) is 2.85. The van der Waals surface area contributed by atoms with Crippen LogP contribution in [0.15, 0.2) is 30.3 Å². The predicted octanol–water partition coefficient (Wildman–Crippen LogP) is 1.15. The molecule has 0 aliphatic carbocycles. The first-order valence-corrected chi connectivity index (χ1v) is 8.64. The van der Waals surface area contributed by atoms with Crippen LogP contribution in [0.2, 0.25) is 0 Å². The summed E-state index contributed by atoms with van der Waals surface area (Å²) in [5.41, 5.74) is 1.35. The van der Waals surface area contributed by atoms with Gasteiger partial charge in [0.2, 0.25) is 0 Å². The Labute approximate surface area is 161 Å². The van der Waals surface area contributed by atoms with Gasteiger partial charge in [-0.3, -0.25) is 4.79 Å². The number of hydrogen-bond acceptors (Lipinski definition) is 8. The van der Waals surface area contributed by atoms with E-state index in [1.807, 2.05) is 0 Å². The number of phenolic OH excluding ortho intramolecular Hbond substituents is 1. The van der Waals surface area contributed by atoms with Gasteiger partial charge in [-0.05, 0) is 29.8 Å². The van der Waals surface area contributed by atoms with Gasteiger partial charge < -0.3 is 34.6 Å². The fraction of sp³-hybridized carbons (Fsp3) is 0.350. The second kappa shape index (κ2) is 8.05. The fourth-order valence-corrected chi connectivity index (χ4v) is 3.33. The molecule has 0 saturated carbocycles. The highest BCUT2D eigenvalue weighted by Gasteiger charge is 2.38. The van der Waals surface area contributed by atoms with Crippen molar-refractivity contribution in [3.05, 3.63) is 47.0 Å². The molecule has 0 amide bonds. The van der Waals surface area contributed by atoms with Gasteiger partial charge in [-0.15, -0.1) is 0 Å². The van der Waals surface area contributed by atoms with Crippen LogP contribution < -0.4 is 14.2 Å². The van der Waals surface area contributed by atoms with Crippen LogP contribution in [0.25, 0.3) is 0 Å². The zero-order chi connectivity index (χ0) is 20.4. The first-order valence-electron chi connectivity index (χ1n) is 8.64. The Morgan fingerprint density at radius 2 is 1.86 bits per heavy atom. The highest BCUT2D eigenvalue weighted by atomic mass is 16.5. The number of hydrogen-bond donors (Lipinski definition) is 4. The van der Waals surface area contributed by atoms with E-state index in [1.54, 1.807) is 12.1 Å². The Morgan fingerprint density at radius 1 is 1.14 bits per heavy atom. The number of carbonyl (C=O) groups excluding carboxylic acids is 1. The molecule has 3 atom stereocenters. The van der Waals surface area contributed by atoms with E-state index in [4.69, 9.17) is 19.3 Å². The first kappa shape index (κ1) is 19.9. The van der Waals surface area contributed by atoms with Crippen molar-refractivity contribution in [1.29, 1.82) is 0 Å². The lowest BCUT2D eigenvalue weighted by Crippen LogP contribution is -2.24. The molecule has 2 aromatic rings. The maximum atomic E-state index is 12.3. The summed E-state index contributed by atoms with van der Waals surface area (Å²) in [4.78, 5) is 12.3. The summed E-state index contributed by atoms with van der Waals surface area (Å²) in [6, 6.07) is 7.69. The number of aromatic hydroxyl groups is 1. The zero-order valence-electron chi connectivity index (χ0n) is 15.5. The lowest BCUT2D eigenvalue weighted by Gasteiger charge is -2.18. The molecule has 0 bridgehead atoms. The van der Waals surface area contributed by atoms with E-state index < -0.39 is 30.5 Å². The van der Waals surface area contributed by atoms with Gasteiger partial charge >= 0.3 is 0 Å². The molecule has 28 heavy (non-hydrogen) atoms. The normalized spacial score (nSPS) is 18.9. The minimum Gasteiger partial charge on any atom is -0.504 e. The topological polar surface area (TPSA) is 126 Å². The molecule has 1 aliphatic heterocycles. The van der Waals surface area contributed by atoms with Gasteiger partial charge in [0.05, 0.1) is 33.4 Å². The molecule has 0 saturated heterocycles. The Hall–Kier alpha value is -2.81. The molecule has 0 spiro atoms. The summed E-state index contributed by atoms with van der Waals surface area (Å²) in [6.45, 7) is -0.974. The van der Waals surface area contributed by atoms with Gasteiger partial charge in [-0.25, -0.2) is 0 Å². The lowest BCUT2D eigenvalue weighted by atomic mass is 9.89. The minimum absolute atomic E-state index is 0.0224. The molecule has 8 heteroatoms. The van der Waals surface area contributed by atoms with Crippen molar-refractivity contribution in [3.63, 3.8) is 0 Å². The number of aliphatic hydroxyl groups excluding tert-OH is 3. The monoisotopic (exact) mass is 390 g/mol. The summed E-state index contributed by atoms with van der Waals surface area (Å²) in [5.74, 6) is -0.271. The summed E-state index contributed by atoms with van der Waals surface area (Å²) in [5, 5.41) is 38.5. The van der Waals surface area contributed by atoms with Crippen molar-refractivity contribution in [2.45, 2.75) is 18.1 Å². The van der Waals surface area contributed by atoms with Crippen molar-refractivity contribution in [2.75, 3.05) is 27.4 Å². The van der Waals surface area contributed by atoms with E-state index >= 15 is 0 Å². The second-order valence-corrected chi connectivity index (χ2v) is 6.42. The maximum Gasteiger partial charge on any atom is 0.193 e. The SMILES string of the molecule is COc1cc([C@H]2Oc3c(OC)cc(C(=O)[C@@H](O)CO)cc3[C@@H]2CO)ccc1O. The van der Waals surface area contributed by atoms with E-state index in [9.17, 15) is 20.1 Å². The standard InChI is InChI=1S/C20H22O8/c1-26-16-6-10(3-4-14(16)23)19-13(8-21)12-5-11(18(25)15(24)9-22)7-17(27-2)20(12)28-19/h3-7,13,15,19,21-24H,8-9H2,1-2H3/t13-,15-,19+/m0/s1. The number of rotatable bonds is 7. The van der Waals surface area contributed by atoms with Gasteiger partial charge in [-0.2, -0.15) is 0 Å². The van der Waals surface area contributed by atoms with Crippen LogP contribution in [-0.2, 0) is 0 Å². The molecule has 0 fully saturated rings. The average Bonchev–Trinajstić information content (AvgIpc) is 3.10. The molecule has 150 valence electrons. The molecule has 0 unspecified atom stereocenters. The van der Waals surface area contributed by atoms with E-state index in [0.29, 0.717) is 16.9 Å². The lowest BCUT2D eigenvalue weighted by molar-refractivity contribution is 0.0587. The van der Waals surface area contributed by atoms with E-state index in [0.717, 1.165) is 0 Å². The van der Waals surface area contributed by atoms with E-state index in [-0.39, 0.29) is 29.4 Å². The quantitative estimate of drug-likeness (QED) is 0.519. The van der Waals surface area contributed by atoms with Crippen molar-refractivity contribution < 1.29 is 39.4 Å². The van der Waals surface area contributed by atoms with Gasteiger partial charge in [0.1, 0.15) is 12.2 Å². The van der Waals surface area contributed by atoms with Crippen molar-refractivity contribution in [3.8, 4) is 23.0 Å². The van der Waals surface area contributed by atoms with Crippen LogP contribution in [0.3, 0.4) is 0 Å². The average molecular weight is 390 g/mol. The summed E-state index contributed by atoms with van der Waals surface area (Å²) < 4.78 is 16.5. The molecule has 1 heterocycles. The number of carbonyl (C=O) groups is 1. The first-order chi connectivity index (χ1) is 13.4. The predicted molar refractivity (Wildman–Crippen MR) is 98.3 cm³/mol. The molecule has 8 nitrogen and oxygen atoms in total. The van der Waals surface area contributed by atoms with Gasteiger partial charge in [0.15, 0.2) is 28.8 Å². The molecule has 2 aromatic carbocycles. The molecule has 0 radical (unpaired) electrons. The third kappa shape index (κ3) is 3.37. The van der Waals surface area contributed by atoms with Crippen LogP contribution in [0.5, 0.6) is 23.0 Å². The van der Waals surface area contributed by atoms with Crippen molar-refractivity contribution >= 4 is 5.78 Å². The molecule has 1 aliphatic rings. The third-order valence-electron chi connectivity index (χ3n) is 4.80. The number of benzene rings is 2. The van der Waals surface area contributed by atoms with Crippen LogP contribution in [0, 0.1) is 0 Å². The van der Waals surface area contributed by atoms with Gasteiger partial charge in [0, 0.05) is 11.1 Å². The Kier molecular flexibility index (Phi) is 5.73. The zero-order valence-corrected chi connectivity index (χ0v) is 15.5. The van der Waals surface area contributed by atoms with E-state index in [2.05, 4.69) is 0 Å². The van der Waals surface area contributed by atoms with E-state index in [1.165, 1.54) is 32.4 Å². The number of fused-ring (bicyclic) bond motifs is 1. The third-order valence-corrected chi connectivity index (χ3v) is 4.80. The van der Waals surface area contributed by atoms with Crippen LogP contribution in [0.1, 0.15) is 33.5 Å². The summed E-state index contributed by atoms with van der Waals surface area (Å²) in [6.07, 6.45) is -2.15. The number of Topliss-reactive ketones (excluding diaryl/α,β-unsaturated/α-hetero) is 1. The van der Waals surface area contributed by atoms with Crippen LogP contribution in [-0.4, -0.2) is 59.7 Å². The van der Waals surface area contributed by atoms with Gasteiger partial charge in [0.25, 0.3) is 0 Å². The minimum atomic E-state index is -1.55. The number of ether oxygens (including phenoxy) is 3. The molecular formula is C20H22O8. The molecule has 3 rings (SSSR count). The Morgan fingerprint density at radius 3 is 2.46 bits per heavy atom. The Balaban J connectivity index is 2.06. The largest absolute Gasteiger partial charge is 0.504 e. The number of aliphatic hydroxyl groups is 3. The maximum absolute atomic E-state index is 12.3. The molecule has 0 aromatic heterocycles. The second-order valence-electron chi connectivity index (χ2n) is 6.42. The van der Waals surface area contributed by atoms with Crippen molar-refractivity contribution in [1.82, 2.24) is 0 Å². The number of ketones is 1. The van der Waals surface area contributed by atoms with Gasteiger partial charge in [-0.1, -0.05) is 6.07 Å². The molecule has 4 N–H and O–H groups in total. The van der Waals surface area contributed by atoms with Crippen LogP contribution >= 0.6 is 0 Å². The van der Waals surface area contributed by atoms with Crippen LogP contribution in [0.4, 0.5) is 0 Å². The summed E-state index contributed by atoms with van der Waals surface area (Å²) >= 11 is 0. The smallest absolute Gasteiger partial charge is 0.193 e. The number of phenols is 1.